The van der Waals surface area contributed by atoms with E-state index in [1.807, 2.05) is 24.3 Å². The third-order valence-electron chi connectivity index (χ3n) is 3.61. The lowest BCUT2D eigenvalue weighted by Gasteiger charge is -2.23. The molecule has 0 bridgehead atoms. The Balaban J connectivity index is 1.54. The van der Waals surface area contributed by atoms with Crippen molar-refractivity contribution >= 4 is 35.0 Å². The Morgan fingerprint density at radius 2 is 1.92 bits per heavy atom. The fourth-order valence-corrected chi connectivity index (χ4v) is 3.41. The van der Waals surface area contributed by atoms with Crippen LogP contribution in [-0.4, -0.2) is 22.0 Å². The average Bonchev–Trinajstić information content (AvgIpc) is 2.61. The second-order valence-electron chi connectivity index (χ2n) is 5.38. The average molecular weight is 358 g/mol. The summed E-state index contributed by atoms with van der Waals surface area (Å²) in [5.41, 5.74) is 1.36. The Labute approximate surface area is 147 Å². The molecule has 1 aliphatic heterocycles. The van der Waals surface area contributed by atoms with Gasteiger partial charge in [0.15, 0.2) is 0 Å². The second kappa shape index (κ2) is 7.35. The number of fused-ring (bicyclic) bond motifs is 1. The molecule has 2 aromatic carbocycles. The predicted octanol–water partition coefficient (Wildman–Crippen LogP) is 3.14. The summed E-state index contributed by atoms with van der Waals surface area (Å²) in [6.07, 6.45) is -0.0438. The molecule has 1 aliphatic rings. The van der Waals surface area contributed by atoms with Crippen LogP contribution in [-0.2, 0) is 20.9 Å². The highest BCUT2D eigenvalue weighted by molar-refractivity contribution is 8.01. The number of hydrogen-bond donors (Lipinski definition) is 1. The van der Waals surface area contributed by atoms with Gasteiger partial charge in [-0.3, -0.25) is 19.7 Å². The van der Waals surface area contributed by atoms with E-state index in [4.69, 9.17) is 4.74 Å². The number of hydrogen-bond acceptors (Lipinski definition) is 6. The van der Waals surface area contributed by atoms with Gasteiger partial charge in [-0.05, 0) is 29.8 Å². The Hall–Kier alpha value is -2.87. The first-order chi connectivity index (χ1) is 12.0. The molecule has 0 fully saturated rings. The van der Waals surface area contributed by atoms with Crippen LogP contribution < -0.4 is 5.32 Å². The summed E-state index contributed by atoms with van der Waals surface area (Å²) in [5, 5.41) is 12.8. The van der Waals surface area contributed by atoms with E-state index in [1.54, 1.807) is 0 Å². The van der Waals surface area contributed by atoms with Gasteiger partial charge in [0.2, 0.25) is 5.91 Å². The molecule has 0 aliphatic carbocycles. The first-order valence-electron chi connectivity index (χ1n) is 7.48. The summed E-state index contributed by atoms with van der Waals surface area (Å²) in [5.74, 6) is -0.721. The van der Waals surface area contributed by atoms with Crippen LogP contribution in [0.4, 0.5) is 11.4 Å². The minimum absolute atomic E-state index is 0.00637. The molecule has 3 rings (SSSR count). The van der Waals surface area contributed by atoms with Gasteiger partial charge in [0.05, 0.1) is 22.3 Å². The number of para-hydroxylation sites is 1. The predicted molar refractivity (Wildman–Crippen MR) is 92.2 cm³/mol. The van der Waals surface area contributed by atoms with Gasteiger partial charge in [-0.1, -0.05) is 12.1 Å². The lowest BCUT2D eigenvalue weighted by atomic mass is 10.2. The van der Waals surface area contributed by atoms with E-state index < -0.39 is 16.1 Å². The Bertz CT molecular complexity index is 822. The summed E-state index contributed by atoms with van der Waals surface area (Å²) in [4.78, 5) is 35.1. The summed E-state index contributed by atoms with van der Waals surface area (Å²) < 4.78 is 5.17. The van der Waals surface area contributed by atoms with Crippen LogP contribution in [0, 0.1) is 10.1 Å². The summed E-state index contributed by atoms with van der Waals surface area (Å²) >= 11 is 1.33. The first-order valence-corrected chi connectivity index (χ1v) is 8.36. The summed E-state index contributed by atoms with van der Waals surface area (Å²) in [6, 6.07) is 13.2. The number of amides is 1. The van der Waals surface area contributed by atoms with E-state index >= 15 is 0 Å². The number of nitro benzene ring substituents is 1. The maximum atomic E-state index is 12.1. The highest BCUT2D eigenvalue weighted by Gasteiger charge is 2.29. The van der Waals surface area contributed by atoms with Crippen molar-refractivity contribution in [2.75, 3.05) is 5.32 Å². The number of nitrogens with one attached hydrogen (secondary N) is 1. The molecule has 128 valence electrons. The van der Waals surface area contributed by atoms with E-state index in [-0.39, 0.29) is 24.6 Å². The SMILES string of the molecule is O=C(C[C@H]1Sc2ccccc2NC1=O)OCc1ccc([N+](=O)[O-])cc1. The molecule has 2 aromatic rings. The number of anilines is 1. The molecule has 0 radical (unpaired) electrons. The Kier molecular flexibility index (Phi) is 4.99. The van der Waals surface area contributed by atoms with Crippen LogP contribution in [0.2, 0.25) is 0 Å². The highest BCUT2D eigenvalue weighted by atomic mass is 32.2. The van der Waals surface area contributed by atoms with Crippen LogP contribution in [0.5, 0.6) is 0 Å². The molecular formula is C17H14N2O5S. The molecule has 0 spiro atoms. The summed E-state index contributed by atoms with van der Waals surface area (Å²) in [6.45, 7) is 0.00637. The molecule has 1 heterocycles. The van der Waals surface area contributed by atoms with Gasteiger partial charge in [-0.15, -0.1) is 11.8 Å². The van der Waals surface area contributed by atoms with Gasteiger partial charge in [0.25, 0.3) is 5.69 Å². The molecule has 7 nitrogen and oxygen atoms in total. The van der Waals surface area contributed by atoms with Crippen molar-refractivity contribution in [3.05, 3.63) is 64.2 Å². The van der Waals surface area contributed by atoms with Gasteiger partial charge < -0.3 is 10.1 Å². The van der Waals surface area contributed by atoms with Crippen molar-refractivity contribution in [3.8, 4) is 0 Å². The monoisotopic (exact) mass is 358 g/mol. The number of benzene rings is 2. The lowest BCUT2D eigenvalue weighted by molar-refractivity contribution is -0.384. The van der Waals surface area contributed by atoms with Crippen LogP contribution in [0.15, 0.2) is 53.4 Å². The zero-order valence-corrected chi connectivity index (χ0v) is 13.8. The van der Waals surface area contributed by atoms with Crippen molar-refractivity contribution in [3.63, 3.8) is 0 Å². The highest BCUT2D eigenvalue weighted by Crippen LogP contribution is 2.36. The molecule has 0 unspecified atom stereocenters. The number of rotatable bonds is 5. The summed E-state index contributed by atoms with van der Waals surface area (Å²) in [7, 11) is 0. The van der Waals surface area contributed by atoms with Crippen molar-refractivity contribution in [2.24, 2.45) is 0 Å². The zero-order chi connectivity index (χ0) is 17.8. The number of nitrogens with zero attached hydrogens (tertiary/aromatic N) is 1. The van der Waals surface area contributed by atoms with Crippen molar-refractivity contribution < 1.29 is 19.2 Å². The second-order valence-corrected chi connectivity index (χ2v) is 6.62. The van der Waals surface area contributed by atoms with Crippen molar-refractivity contribution in [1.82, 2.24) is 0 Å². The van der Waals surface area contributed by atoms with E-state index in [2.05, 4.69) is 5.32 Å². The quantitative estimate of drug-likeness (QED) is 0.501. The smallest absolute Gasteiger partial charge is 0.307 e. The molecule has 25 heavy (non-hydrogen) atoms. The number of ether oxygens (including phenoxy) is 1. The van der Waals surface area contributed by atoms with Crippen LogP contribution in [0.25, 0.3) is 0 Å². The third kappa shape index (κ3) is 4.16. The normalized spacial score (nSPS) is 15.8. The molecule has 1 amide bonds. The maximum absolute atomic E-state index is 12.1. The number of carbonyl (C=O) groups is 2. The Morgan fingerprint density at radius 1 is 1.20 bits per heavy atom. The number of thioether (sulfide) groups is 1. The van der Waals surface area contributed by atoms with E-state index in [0.29, 0.717) is 5.56 Å². The van der Waals surface area contributed by atoms with Crippen LogP contribution in [0.3, 0.4) is 0 Å². The lowest BCUT2D eigenvalue weighted by Crippen LogP contribution is -2.31. The van der Waals surface area contributed by atoms with Crippen LogP contribution in [0.1, 0.15) is 12.0 Å². The minimum Gasteiger partial charge on any atom is -0.461 e. The fraction of sp³-hybridized carbons (Fsp3) is 0.176. The number of esters is 1. The molecule has 8 heteroatoms. The molecule has 1 atom stereocenters. The topological polar surface area (TPSA) is 98.5 Å². The third-order valence-corrected chi connectivity index (χ3v) is 4.88. The number of nitro groups is 1. The number of non-ortho nitro benzene ring substituents is 1. The molecule has 0 saturated carbocycles. The van der Waals surface area contributed by atoms with E-state index in [1.165, 1.54) is 36.0 Å². The van der Waals surface area contributed by atoms with Gasteiger partial charge >= 0.3 is 5.97 Å². The minimum atomic E-state index is -0.542. The van der Waals surface area contributed by atoms with Gasteiger partial charge in [-0.2, -0.15) is 0 Å². The molecule has 0 aromatic heterocycles. The van der Waals surface area contributed by atoms with Gasteiger partial charge in [0, 0.05) is 17.0 Å². The van der Waals surface area contributed by atoms with E-state index in [0.717, 1.165) is 10.6 Å². The molecule has 1 N–H and O–H groups in total. The number of carbonyl (C=O) groups excluding carboxylic acids is 2. The van der Waals surface area contributed by atoms with Gasteiger partial charge in [-0.25, -0.2) is 0 Å². The zero-order valence-electron chi connectivity index (χ0n) is 13.0. The molecule has 0 saturated heterocycles. The van der Waals surface area contributed by atoms with Crippen molar-refractivity contribution in [1.29, 1.82) is 0 Å². The Morgan fingerprint density at radius 3 is 2.64 bits per heavy atom. The van der Waals surface area contributed by atoms with E-state index in [9.17, 15) is 19.7 Å². The van der Waals surface area contributed by atoms with Gasteiger partial charge in [0.1, 0.15) is 6.61 Å². The first kappa shape index (κ1) is 17.0. The largest absolute Gasteiger partial charge is 0.461 e. The molecular weight excluding hydrogens is 344 g/mol. The fourth-order valence-electron chi connectivity index (χ4n) is 2.32. The maximum Gasteiger partial charge on any atom is 0.307 e. The standard InChI is InChI=1S/C17H14N2O5S/c20-16(24-10-11-5-7-12(8-6-11)19(22)23)9-15-17(21)18-13-3-1-2-4-14(13)25-15/h1-8,15H,9-10H2,(H,18,21)/t15-/m1/s1. The van der Waals surface area contributed by atoms with Crippen LogP contribution >= 0.6 is 11.8 Å². The van der Waals surface area contributed by atoms with Crippen molar-refractivity contribution in [2.45, 2.75) is 23.2 Å².